The highest BCUT2D eigenvalue weighted by Gasteiger charge is 2.10. The van der Waals surface area contributed by atoms with E-state index in [1.807, 2.05) is 24.3 Å². The molecule has 1 unspecified atom stereocenters. The van der Waals surface area contributed by atoms with E-state index >= 15 is 0 Å². The Bertz CT molecular complexity index is 302. The molecular formula is C9H9BrN2O. The van der Waals surface area contributed by atoms with Crippen LogP contribution < -0.4 is 10.1 Å². The highest BCUT2D eigenvalue weighted by atomic mass is 79.9. The van der Waals surface area contributed by atoms with Crippen LogP contribution in [0.1, 0.15) is 0 Å². The molecule has 2 rings (SSSR count). The average Bonchev–Trinajstić information content (AvgIpc) is 2.62. The van der Waals surface area contributed by atoms with E-state index in [4.69, 9.17) is 4.74 Å². The highest BCUT2D eigenvalue weighted by molar-refractivity contribution is 9.10. The van der Waals surface area contributed by atoms with Crippen molar-refractivity contribution in [1.82, 2.24) is 5.32 Å². The first-order valence-corrected chi connectivity index (χ1v) is 4.80. The fourth-order valence-corrected chi connectivity index (χ4v) is 1.35. The van der Waals surface area contributed by atoms with Crippen LogP contribution in [0.15, 0.2) is 33.7 Å². The largest absolute Gasteiger partial charge is 0.469 e. The molecule has 1 aliphatic heterocycles. The molecule has 0 aliphatic carbocycles. The number of hydrogen-bond donors (Lipinski definition) is 1. The van der Waals surface area contributed by atoms with Gasteiger partial charge in [0.25, 0.3) is 0 Å². The number of rotatable bonds is 2. The van der Waals surface area contributed by atoms with E-state index in [2.05, 4.69) is 26.2 Å². The van der Waals surface area contributed by atoms with Gasteiger partial charge in [0, 0.05) is 4.47 Å². The summed E-state index contributed by atoms with van der Waals surface area (Å²) < 4.78 is 6.62. The van der Waals surface area contributed by atoms with Crippen molar-refractivity contribution in [3.63, 3.8) is 0 Å². The van der Waals surface area contributed by atoms with Crippen molar-refractivity contribution in [2.45, 2.75) is 6.23 Å². The lowest BCUT2D eigenvalue weighted by Crippen LogP contribution is -2.30. The second kappa shape index (κ2) is 3.79. The van der Waals surface area contributed by atoms with Gasteiger partial charge >= 0.3 is 0 Å². The summed E-state index contributed by atoms with van der Waals surface area (Å²) in [5.74, 6) is 0.853. The maximum absolute atomic E-state index is 5.57. The third kappa shape index (κ3) is 2.21. The van der Waals surface area contributed by atoms with Gasteiger partial charge in [0.1, 0.15) is 5.75 Å². The van der Waals surface area contributed by atoms with Crippen molar-refractivity contribution in [3.05, 3.63) is 28.7 Å². The van der Waals surface area contributed by atoms with E-state index in [0.29, 0.717) is 6.54 Å². The molecule has 3 nitrogen and oxygen atoms in total. The summed E-state index contributed by atoms with van der Waals surface area (Å²) in [5.41, 5.74) is 0. The number of benzene rings is 1. The molecule has 1 aromatic rings. The van der Waals surface area contributed by atoms with Crippen molar-refractivity contribution >= 4 is 22.3 Å². The summed E-state index contributed by atoms with van der Waals surface area (Å²) in [4.78, 5) is 4.01. The molecule has 13 heavy (non-hydrogen) atoms. The topological polar surface area (TPSA) is 33.6 Å². The maximum atomic E-state index is 5.57. The first-order chi connectivity index (χ1) is 6.34. The first kappa shape index (κ1) is 8.56. The first-order valence-electron chi connectivity index (χ1n) is 4.01. The maximum Gasteiger partial charge on any atom is 0.190 e. The SMILES string of the molecule is Brc1ccc(OC2CN=CN2)cc1. The molecule has 0 saturated heterocycles. The summed E-state index contributed by atoms with van der Waals surface area (Å²) in [6.07, 6.45) is 1.66. The predicted octanol–water partition coefficient (Wildman–Crippen LogP) is 1.79. The van der Waals surface area contributed by atoms with Crippen molar-refractivity contribution in [1.29, 1.82) is 0 Å². The summed E-state index contributed by atoms with van der Waals surface area (Å²) in [5, 5.41) is 2.99. The van der Waals surface area contributed by atoms with Gasteiger partial charge in [0.2, 0.25) is 0 Å². The normalized spacial score (nSPS) is 19.9. The monoisotopic (exact) mass is 240 g/mol. The lowest BCUT2D eigenvalue weighted by molar-refractivity contribution is 0.206. The second-order valence-electron chi connectivity index (χ2n) is 2.72. The summed E-state index contributed by atoms with van der Waals surface area (Å²) >= 11 is 3.36. The van der Waals surface area contributed by atoms with Gasteiger partial charge in [-0.25, -0.2) is 0 Å². The van der Waals surface area contributed by atoms with E-state index in [1.165, 1.54) is 0 Å². The third-order valence-corrected chi connectivity index (χ3v) is 2.24. The molecule has 0 fully saturated rings. The Hall–Kier alpha value is -1.03. The van der Waals surface area contributed by atoms with Crippen LogP contribution >= 0.6 is 15.9 Å². The van der Waals surface area contributed by atoms with Gasteiger partial charge in [-0.2, -0.15) is 0 Å². The molecule has 1 heterocycles. The van der Waals surface area contributed by atoms with Gasteiger partial charge in [-0.1, -0.05) is 15.9 Å². The Balaban J connectivity index is 1.97. The summed E-state index contributed by atoms with van der Waals surface area (Å²) in [6, 6.07) is 7.74. The number of nitrogens with one attached hydrogen (secondary N) is 1. The van der Waals surface area contributed by atoms with Crippen LogP contribution in [-0.2, 0) is 0 Å². The van der Waals surface area contributed by atoms with E-state index in [-0.39, 0.29) is 6.23 Å². The van der Waals surface area contributed by atoms with Crippen LogP contribution in [0.25, 0.3) is 0 Å². The molecule has 4 heteroatoms. The smallest absolute Gasteiger partial charge is 0.190 e. The molecule has 0 bridgehead atoms. The van der Waals surface area contributed by atoms with Crippen molar-refractivity contribution in [2.75, 3.05) is 6.54 Å². The quantitative estimate of drug-likeness (QED) is 0.856. The molecule has 1 N–H and O–H groups in total. The number of ether oxygens (including phenoxy) is 1. The van der Waals surface area contributed by atoms with Crippen molar-refractivity contribution < 1.29 is 4.74 Å². The number of halogens is 1. The zero-order valence-electron chi connectivity index (χ0n) is 6.90. The Labute approximate surface area is 84.9 Å². The van der Waals surface area contributed by atoms with Gasteiger partial charge in [0.15, 0.2) is 6.23 Å². The number of aliphatic imine (C=N–C) groups is 1. The highest BCUT2D eigenvalue weighted by Crippen LogP contribution is 2.17. The zero-order valence-corrected chi connectivity index (χ0v) is 8.49. The van der Waals surface area contributed by atoms with Gasteiger partial charge in [-0.05, 0) is 24.3 Å². The molecule has 1 aromatic carbocycles. The zero-order chi connectivity index (χ0) is 9.10. The van der Waals surface area contributed by atoms with Crippen LogP contribution in [0.5, 0.6) is 5.75 Å². The molecular weight excluding hydrogens is 232 g/mol. The fourth-order valence-electron chi connectivity index (χ4n) is 1.09. The van der Waals surface area contributed by atoms with Crippen LogP contribution in [0.3, 0.4) is 0 Å². The Morgan fingerprint density at radius 1 is 1.38 bits per heavy atom. The molecule has 0 spiro atoms. The van der Waals surface area contributed by atoms with E-state index in [0.717, 1.165) is 10.2 Å². The van der Waals surface area contributed by atoms with Crippen LogP contribution in [0.4, 0.5) is 0 Å². The molecule has 1 atom stereocenters. The van der Waals surface area contributed by atoms with E-state index in [9.17, 15) is 0 Å². The van der Waals surface area contributed by atoms with Crippen molar-refractivity contribution in [2.24, 2.45) is 4.99 Å². The van der Waals surface area contributed by atoms with Gasteiger partial charge < -0.3 is 10.1 Å². The third-order valence-electron chi connectivity index (χ3n) is 1.71. The number of hydrogen-bond acceptors (Lipinski definition) is 3. The van der Waals surface area contributed by atoms with Crippen LogP contribution in [0.2, 0.25) is 0 Å². The summed E-state index contributed by atoms with van der Waals surface area (Å²) in [6.45, 7) is 0.677. The lowest BCUT2D eigenvalue weighted by Gasteiger charge is -2.12. The Morgan fingerprint density at radius 2 is 2.15 bits per heavy atom. The number of nitrogens with zero attached hydrogens (tertiary/aromatic N) is 1. The minimum atomic E-state index is -0.0128. The molecule has 0 aromatic heterocycles. The van der Waals surface area contributed by atoms with Gasteiger partial charge in [0.05, 0.1) is 12.9 Å². The van der Waals surface area contributed by atoms with E-state index < -0.39 is 0 Å². The standard InChI is InChI=1S/C9H9BrN2O/c10-7-1-3-8(4-2-7)13-9-5-11-6-12-9/h1-4,6,9H,5H2,(H,11,12). The Kier molecular flexibility index (Phi) is 2.49. The molecule has 0 saturated carbocycles. The van der Waals surface area contributed by atoms with Crippen molar-refractivity contribution in [3.8, 4) is 5.75 Å². The predicted molar refractivity (Wildman–Crippen MR) is 55.1 cm³/mol. The van der Waals surface area contributed by atoms with Crippen LogP contribution in [-0.4, -0.2) is 19.1 Å². The Morgan fingerprint density at radius 3 is 2.77 bits per heavy atom. The molecule has 0 amide bonds. The minimum Gasteiger partial charge on any atom is -0.469 e. The fraction of sp³-hybridized carbons (Fsp3) is 0.222. The van der Waals surface area contributed by atoms with E-state index in [1.54, 1.807) is 6.34 Å². The van der Waals surface area contributed by atoms with Gasteiger partial charge in [-0.3, -0.25) is 4.99 Å². The van der Waals surface area contributed by atoms with Crippen LogP contribution in [0, 0.1) is 0 Å². The summed E-state index contributed by atoms with van der Waals surface area (Å²) in [7, 11) is 0. The molecule has 68 valence electrons. The average molecular weight is 241 g/mol. The second-order valence-corrected chi connectivity index (χ2v) is 3.64. The minimum absolute atomic E-state index is 0.0128. The molecule has 0 radical (unpaired) electrons. The van der Waals surface area contributed by atoms with Gasteiger partial charge in [-0.15, -0.1) is 0 Å². The lowest BCUT2D eigenvalue weighted by atomic mass is 10.3. The molecule has 1 aliphatic rings.